The van der Waals surface area contributed by atoms with E-state index >= 15 is 0 Å². The van der Waals surface area contributed by atoms with E-state index < -0.39 is 6.10 Å². The van der Waals surface area contributed by atoms with E-state index in [-0.39, 0.29) is 5.91 Å². The Morgan fingerprint density at radius 1 is 1.59 bits per heavy atom. The molecule has 0 spiro atoms. The van der Waals surface area contributed by atoms with Crippen molar-refractivity contribution in [2.24, 2.45) is 0 Å². The molecule has 2 rings (SSSR count). The third kappa shape index (κ3) is 2.37. The van der Waals surface area contributed by atoms with Crippen LogP contribution in [0, 0.1) is 0 Å². The molecule has 1 saturated heterocycles. The van der Waals surface area contributed by atoms with Crippen molar-refractivity contribution in [3.8, 4) is 5.75 Å². The minimum atomic E-state index is -0.438. The van der Waals surface area contributed by atoms with Crippen molar-refractivity contribution in [3.63, 3.8) is 0 Å². The van der Waals surface area contributed by atoms with Crippen LogP contribution in [0.2, 0.25) is 5.02 Å². The van der Waals surface area contributed by atoms with Gasteiger partial charge in [0.2, 0.25) is 0 Å². The summed E-state index contributed by atoms with van der Waals surface area (Å²) in [5.41, 5.74) is 0.366. The molecule has 0 bridgehead atoms. The molecule has 0 radical (unpaired) electrons. The number of nitrogens with zero attached hydrogens (tertiary/aromatic N) is 1. The van der Waals surface area contributed by atoms with Crippen LogP contribution in [0.4, 0.5) is 0 Å². The van der Waals surface area contributed by atoms with Gasteiger partial charge in [-0.2, -0.15) is 0 Å². The summed E-state index contributed by atoms with van der Waals surface area (Å²) in [6, 6.07) is 5.09. The van der Waals surface area contributed by atoms with Gasteiger partial charge in [0.25, 0.3) is 5.91 Å². The fourth-order valence-electron chi connectivity index (χ4n) is 1.97. The summed E-state index contributed by atoms with van der Waals surface area (Å²) in [4.78, 5) is 13.8. The number of carbonyl (C=O) groups excluding carboxylic acids is 1. The maximum atomic E-state index is 12.2. The van der Waals surface area contributed by atoms with Crippen LogP contribution < -0.4 is 4.74 Å². The van der Waals surface area contributed by atoms with Gasteiger partial charge in [0.15, 0.2) is 0 Å². The van der Waals surface area contributed by atoms with Gasteiger partial charge in [0, 0.05) is 13.1 Å². The van der Waals surface area contributed by atoms with Crippen LogP contribution in [0.1, 0.15) is 16.8 Å². The van der Waals surface area contributed by atoms with Crippen LogP contribution in [0.25, 0.3) is 0 Å². The van der Waals surface area contributed by atoms with E-state index in [0.29, 0.717) is 35.8 Å². The molecule has 17 heavy (non-hydrogen) atoms. The largest absolute Gasteiger partial charge is 0.496 e. The number of aliphatic hydroxyl groups excluding tert-OH is 1. The molecule has 1 fully saturated rings. The number of methoxy groups -OCH3 is 1. The molecule has 1 N–H and O–H groups in total. The Bertz CT molecular complexity index is 436. The molecule has 0 unspecified atom stereocenters. The van der Waals surface area contributed by atoms with Crippen LogP contribution >= 0.6 is 11.6 Å². The van der Waals surface area contributed by atoms with Gasteiger partial charge in [-0.25, -0.2) is 0 Å². The standard InChI is InChI=1S/C12H14ClNO3/c1-17-10-4-2-3-9(13)11(10)12(16)14-6-5-8(15)7-14/h2-4,8,15H,5-7H2,1H3/t8-/m1/s1. The average molecular weight is 256 g/mol. The normalized spacial score (nSPS) is 19.5. The highest BCUT2D eigenvalue weighted by molar-refractivity contribution is 6.34. The number of hydrogen-bond donors (Lipinski definition) is 1. The number of aliphatic hydroxyl groups is 1. The van der Waals surface area contributed by atoms with E-state index in [9.17, 15) is 9.90 Å². The van der Waals surface area contributed by atoms with Crippen LogP contribution in [-0.2, 0) is 0 Å². The lowest BCUT2D eigenvalue weighted by Gasteiger charge is -2.18. The zero-order valence-electron chi connectivity index (χ0n) is 9.52. The van der Waals surface area contributed by atoms with E-state index in [4.69, 9.17) is 16.3 Å². The van der Waals surface area contributed by atoms with Gasteiger partial charge < -0.3 is 14.7 Å². The SMILES string of the molecule is COc1cccc(Cl)c1C(=O)N1CC[C@@H](O)C1. The molecule has 1 aromatic rings. The highest BCUT2D eigenvalue weighted by atomic mass is 35.5. The second-order valence-electron chi connectivity index (χ2n) is 4.01. The zero-order chi connectivity index (χ0) is 12.4. The van der Waals surface area contributed by atoms with Gasteiger partial charge in [-0.3, -0.25) is 4.79 Å². The number of benzene rings is 1. The van der Waals surface area contributed by atoms with Crippen molar-refractivity contribution < 1.29 is 14.6 Å². The van der Waals surface area contributed by atoms with Gasteiger partial charge in [0.1, 0.15) is 11.3 Å². The van der Waals surface area contributed by atoms with Crippen LogP contribution in [-0.4, -0.2) is 42.2 Å². The molecule has 0 aliphatic carbocycles. The van der Waals surface area contributed by atoms with Gasteiger partial charge in [0.05, 0.1) is 18.2 Å². The smallest absolute Gasteiger partial charge is 0.259 e. The molecular weight excluding hydrogens is 242 g/mol. The second kappa shape index (κ2) is 4.94. The highest BCUT2D eigenvalue weighted by Crippen LogP contribution is 2.28. The minimum Gasteiger partial charge on any atom is -0.496 e. The van der Waals surface area contributed by atoms with Gasteiger partial charge in [-0.1, -0.05) is 17.7 Å². The van der Waals surface area contributed by atoms with Crippen LogP contribution in [0.5, 0.6) is 5.75 Å². The molecule has 4 nitrogen and oxygen atoms in total. The number of β-amino-alcohol motifs (C(OH)–C–C–N with tert-alkyl or cyclic N) is 1. The monoisotopic (exact) mass is 255 g/mol. The van der Waals surface area contributed by atoms with Gasteiger partial charge in [-0.05, 0) is 18.6 Å². The van der Waals surface area contributed by atoms with E-state index in [1.807, 2.05) is 0 Å². The van der Waals surface area contributed by atoms with Gasteiger partial charge >= 0.3 is 0 Å². The molecule has 1 aliphatic heterocycles. The Kier molecular flexibility index (Phi) is 3.54. The Hall–Kier alpha value is -1.26. The number of carbonyl (C=O) groups is 1. The predicted molar refractivity (Wildman–Crippen MR) is 64.5 cm³/mol. The van der Waals surface area contributed by atoms with Gasteiger partial charge in [-0.15, -0.1) is 0 Å². The number of ether oxygens (including phenoxy) is 1. The zero-order valence-corrected chi connectivity index (χ0v) is 10.3. The Balaban J connectivity index is 2.30. The second-order valence-corrected chi connectivity index (χ2v) is 4.42. The lowest BCUT2D eigenvalue weighted by molar-refractivity contribution is 0.0762. The molecule has 1 aromatic carbocycles. The summed E-state index contributed by atoms with van der Waals surface area (Å²) < 4.78 is 5.14. The first-order valence-electron chi connectivity index (χ1n) is 5.43. The quantitative estimate of drug-likeness (QED) is 0.873. The van der Waals surface area contributed by atoms with Crippen molar-refractivity contribution in [2.75, 3.05) is 20.2 Å². The summed E-state index contributed by atoms with van der Waals surface area (Å²) in [7, 11) is 1.50. The summed E-state index contributed by atoms with van der Waals surface area (Å²) in [5.74, 6) is 0.271. The number of likely N-dealkylation sites (tertiary alicyclic amines) is 1. The first-order valence-corrected chi connectivity index (χ1v) is 5.81. The van der Waals surface area contributed by atoms with Crippen molar-refractivity contribution in [2.45, 2.75) is 12.5 Å². The first-order chi connectivity index (χ1) is 8.13. The molecule has 0 aromatic heterocycles. The summed E-state index contributed by atoms with van der Waals surface area (Å²) in [6.07, 6.45) is 0.172. The lowest BCUT2D eigenvalue weighted by atomic mass is 10.1. The Morgan fingerprint density at radius 3 is 2.94 bits per heavy atom. The number of halogens is 1. The van der Waals surface area contributed by atoms with Crippen LogP contribution in [0.3, 0.4) is 0 Å². The third-order valence-electron chi connectivity index (χ3n) is 2.86. The summed E-state index contributed by atoms with van der Waals surface area (Å²) >= 11 is 6.03. The van der Waals surface area contributed by atoms with Crippen molar-refractivity contribution in [3.05, 3.63) is 28.8 Å². The van der Waals surface area contributed by atoms with E-state index in [1.165, 1.54) is 7.11 Å². The van der Waals surface area contributed by atoms with E-state index in [0.717, 1.165) is 0 Å². The fraction of sp³-hybridized carbons (Fsp3) is 0.417. The van der Waals surface area contributed by atoms with Crippen molar-refractivity contribution >= 4 is 17.5 Å². The molecule has 1 aliphatic rings. The molecule has 1 atom stereocenters. The first kappa shape index (κ1) is 12.2. The topological polar surface area (TPSA) is 49.8 Å². The number of amides is 1. The Labute approximate surface area is 105 Å². The number of hydrogen-bond acceptors (Lipinski definition) is 3. The van der Waals surface area contributed by atoms with E-state index in [2.05, 4.69) is 0 Å². The third-order valence-corrected chi connectivity index (χ3v) is 3.17. The van der Waals surface area contributed by atoms with Crippen molar-refractivity contribution in [1.82, 2.24) is 4.90 Å². The van der Waals surface area contributed by atoms with Crippen LogP contribution in [0.15, 0.2) is 18.2 Å². The minimum absolute atomic E-state index is 0.191. The molecule has 0 saturated carbocycles. The Morgan fingerprint density at radius 2 is 2.35 bits per heavy atom. The summed E-state index contributed by atoms with van der Waals surface area (Å²) in [6.45, 7) is 0.904. The highest BCUT2D eigenvalue weighted by Gasteiger charge is 2.28. The maximum absolute atomic E-state index is 12.2. The molecular formula is C12H14ClNO3. The summed E-state index contributed by atoms with van der Waals surface area (Å²) in [5, 5.41) is 9.80. The molecule has 92 valence electrons. The molecule has 1 amide bonds. The number of rotatable bonds is 2. The molecule has 5 heteroatoms. The van der Waals surface area contributed by atoms with E-state index in [1.54, 1.807) is 23.1 Å². The lowest BCUT2D eigenvalue weighted by Crippen LogP contribution is -2.30. The van der Waals surface area contributed by atoms with Crippen molar-refractivity contribution in [1.29, 1.82) is 0 Å². The fourth-order valence-corrected chi connectivity index (χ4v) is 2.21. The predicted octanol–water partition coefficient (Wildman–Crippen LogP) is 1.56. The average Bonchev–Trinajstić information content (AvgIpc) is 2.74. The maximum Gasteiger partial charge on any atom is 0.259 e. The molecule has 1 heterocycles.